The van der Waals surface area contributed by atoms with E-state index in [0.717, 1.165) is 26.4 Å². The lowest BCUT2D eigenvalue weighted by Gasteiger charge is -2.22. The smallest absolute Gasteiger partial charge is 0.0478 e. The molecule has 0 aromatic heterocycles. The van der Waals surface area contributed by atoms with Crippen LogP contribution in [0.25, 0.3) is 0 Å². The summed E-state index contributed by atoms with van der Waals surface area (Å²) >= 11 is 0. The van der Waals surface area contributed by atoms with Crippen molar-refractivity contribution in [2.24, 2.45) is 0 Å². The Kier molecular flexibility index (Phi) is 45.8. The molecule has 3 nitrogen and oxygen atoms in total. The third-order valence-electron chi connectivity index (χ3n) is 10.6. The lowest BCUT2D eigenvalue weighted by molar-refractivity contribution is 0.104. The molecule has 49 heavy (non-hydrogen) atoms. The number of unbranched alkanes of at least 4 members (excludes halogenated alkanes) is 31. The lowest BCUT2D eigenvalue weighted by Crippen LogP contribution is -2.28. The van der Waals surface area contributed by atoms with Crippen molar-refractivity contribution >= 4 is 0 Å². The van der Waals surface area contributed by atoms with E-state index in [1.165, 1.54) is 251 Å². The molecule has 0 aromatic rings. The highest BCUT2D eigenvalue weighted by molar-refractivity contribution is 4.59. The number of rotatable bonds is 45. The van der Waals surface area contributed by atoms with Crippen molar-refractivity contribution in [3.8, 4) is 0 Å². The van der Waals surface area contributed by atoms with E-state index in [4.69, 9.17) is 9.47 Å². The van der Waals surface area contributed by atoms with Gasteiger partial charge in [-0.05, 0) is 38.6 Å². The highest BCUT2D eigenvalue weighted by Crippen LogP contribution is 2.15. The summed E-state index contributed by atoms with van der Waals surface area (Å²) in [7, 11) is 0. The molecule has 0 fully saturated rings. The van der Waals surface area contributed by atoms with Crippen LogP contribution in [0.4, 0.5) is 0 Å². The van der Waals surface area contributed by atoms with Gasteiger partial charge in [-0.25, -0.2) is 0 Å². The molecule has 0 amide bonds. The number of nitrogens with zero attached hydrogens (tertiary/aromatic N) is 1. The van der Waals surface area contributed by atoms with Gasteiger partial charge in [0.2, 0.25) is 0 Å². The van der Waals surface area contributed by atoms with Crippen LogP contribution in [0.15, 0.2) is 0 Å². The van der Waals surface area contributed by atoms with Gasteiger partial charge < -0.3 is 14.4 Å². The van der Waals surface area contributed by atoms with E-state index >= 15 is 0 Å². The maximum atomic E-state index is 6.00. The predicted octanol–water partition coefficient (Wildman–Crippen LogP) is 15.4. The van der Waals surface area contributed by atoms with Crippen LogP contribution in [0.2, 0.25) is 0 Å². The first-order valence-electron chi connectivity index (χ1n) is 23.2. The molecular formula is C46H95NO2. The van der Waals surface area contributed by atoms with E-state index in [0.29, 0.717) is 0 Å². The van der Waals surface area contributed by atoms with Gasteiger partial charge >= 0.3 is 0 Å². The molecule has 0 rings (SSSR count). The monoisotopic (exact) mass is 694 g/mol. The summed E-state index contributed by atoms with van der Waals surface area (Å²) in [4.78, 5) is 2.65. The Morgan fingerprint density at radius 3 is 0.694 bits per heavy atom. The van der Waals surface area contributed by atoms with E-state index in [1.54, 1.807) is 0 Å². The standard InChI is InChI=1S/C46H95NO2/c1-4-7-10-12-14-16-18-20-22-24-26-28-30-32-34-36-43-48-45-38-41-47(40-9-6-3)42-39-46-49-44-37-35-33-31-29-27-25-23-21-19-17-15-13-11-8-5-2/h4-46H2,1-3H3. The molecule has 296 valence electrons. The Labute approximate surface area is 311 Å². The second kappa shape index (κ2) is 45.9. The lowest BCUT2D eigenvalue weighted by atomic mass is 10.0. The second-order valence-electron chi connectivity index (χ2n) is 15.7. The van der Waals surface area contributed by atoms with Gasteiger partial charge in [0, 0.05) is 39.5 Å². The highest BCUT2D eigenvalue weighted by Gasteiger charge is 2.05. The van der Waals surface area contributed by atoms with Gasteiger partial charge in [-0.1, -0.05) is 220 Å². The average Bonchev–Trinajstić information content (AvgIpc) is 3.11. The zero-order valence-electron chi connectivity index (χ0n) is 34.7. The molecule has 0 aromatic carbocycles. The van der Waals surface area contributed by atoms with E-state index in [1.807, 2.05) is 0 Å². The number of hydrogen-bond acceptors (Lipinski definition) is 3. The van der Waals surface area contributed by atoms with Gasteiger partial charge in [0.25, 0.3) is 0 Å². The predicted molar refractivity (Wildman–Crippen MR) is 221 cm³/mol. The molecule has 0 aliphatic carbocycles. The third kappa shape index (κ3) is 44.0. The minimum absolute atomic E-state index is 0.928. The molecule has 0 heterocycles. The molecular weight excluding hydrogens is 599 g/mol. The fourth-order valence-corrected chi connectivity index (χ4v) is 7.21. The van der Waals surface area contributed by atoms with Crippen molar-refractivity contribution in [1.82, 2.24) is 4.90 Å². The Bertz CT molecular complexity index is 511. The maximum absolute atomic E-state index is 6.00. The number of hydrogen-bond donors (Lipinski definition) is 0. The SMILES string of the molecule is CCCCCCCCCCCCCCCCCCOCCCN(CCCC)CCCOCCCCCCCCCCCCCCCCCC. The summed E-state index contributed by atoms with van der Waals surface area (Å²) < 4.78 is 12.0. The molecule has 0 aliphatic rings. The topological polar surface area (TPSA) is 21.7 Å². The fourth-order valence-electron chi connectivity index (χ4n) is 7.21. The van der Waals surface area contributed by atoms with Gasteiger partial charge in [-0.3, -0.25) is 0 Å². The second-order valence-corrected chi connectivity index (χ2v) is 15.7. The molecule has 0 N–H and O–H groups in total. The highest BCUT2D eigenvalue weighted by atomic mass is 16.5. The molecule has 0 atom stereocenters. The summed E-state index contributed by atoms with van der Waals surface area (Å²) in [5.41, 5.74) is 0. The molecule has 0 aliphatic heterocycles. The third-order valence-corrected chi connectivity index (χ3v) is 10.6. The average molecular weight is 694 g/mol. The molecule has 0 saturated heterocycles. The Morgan fingerprint density at radius 1 is 0.224 bits per heavy atom. The Hall–Kier alpha value is -0.120. The van der Waals surface area contributed by atoms with Crippen LogP contribution in [-0.2, 0) is 9.47 Å². The zero-order valence-corrected chi connectivity index (χ0v) is 34.7. The molecule has 0 spiro atoms. The van der Waals surface area contributed by atoms with E-state index < -0.39 is 0 Å². The Balaban J connectivity index is 3.40. The van der Waals surface area contributed by atoms with Crippen molar-refractivity contribution in [3.05, 3.63) is 0 Å². The van der Waals surface area contributed by atoms with Crippen LogP contribution >= 0.6 is 0 Å². The van der Waals surface area contributed by atoms with Crippen LogP contribution in [0.3, 0.4) is 0 Å². The van der Waals surface area contributed by atoms with Gasteiger partial charge in [0.05, 0.1) is 0 Å². The van der Waals surface area contributed by atoms with Crippen LogP contribution in [0.5, 0.6) is 0 Å². The molecule has 0 bridgehead atoms. The maximum Gasteiger partial charge on any atom is 0.0478 e. The normalized spacial score (nSPS) is 11.8. The first kappa shape index (κ1) is 48.9. The van der Waals surface area contributed by atoms with E-state index in [9.17, 15) is 0 Å². The molecule has 0 unspecified atom stereocenters. The van der Waals surface area contributed by atoms with Gasteiger partial charge in [-0.2, -0.15) is 0 Å². The van der Waals surface area contributed by atoms with Gasteiger partial charge in [-0.15, -0.1) is 0 Å². The molecule has 3 heteroatoms. The van der Waals surface area contributed by atoms with Crippen LogP contribution in [0, 0.1) is 0 Å². The van der Waals surface area contributed by atoms with E-state index in [2.05, 4.69) is 25.7 Å². The van der Waals surface area contributed by atoms with Gasteiger partial charge in [0.1, 0.15) is 0 Å². The Morgan fingerprint density at radius 2 is 0.429 bits per heavy atom. The zero-order chi connectivity index (χ0) is 35.4. The summed E-state index contributed by atoms with van der Waals surface area (Å²) in [6.45, 7) is 14.3. The van der Waals surface area contributed by atoms with E-state index in [-0.39, 0.29) is 0 Å². The minimum Gasteiger partial charge on any atom is -0.381 e. The molecule has 0 saturated carbocycles. The molecule has 0 radical (unpaired) electrons. The van der Waals surface area contributed by atoms with Crippen molar-refractivity contribution in [2.45, 2.75) is 252 Å². The number of ether oxygens (including phenoxy) is 2. The van der Waals surface area contributed by atoms with Crippen molar-refractivity contribution < 1.29 is 9.47 Å². The van der Waals surface area contributed by atoms with Crippen molar-refractivity contribution in [2.75, 3.05) is 46.1 Å². The largest absolute Gasteiger partial charge is 0.381 e. The first-order chi connectivity index (χ1) is 24.3. The fraction of sp³-hybridized carbons (Fsp3) is 1.00. The van der Waals surface area contributed by atoms with Crippen molar-refractivity contribution in [1.29, 1.82) is 0 Å². The summed E-state index contributed by atoms with van der Waals surface area (Å²) in [5, 5.41) is 0. The van der Waals surface area contributed by atoms with Crippen LogP contribution in [0.1, 0.15) is 252 Å². The van der Waals surface area contributed by atoms with Crippen LogP contribution in [-0.4, -0.2) is 51.0 Å². The summed E-state index contributed by atoms with van der Waals surface area (Å²) in [6, 6.07) is 0. The first-order valence-corrected chi connectivity index (χ1v) is 23.2. The van der Waals surface area contributed by atoms with Crippen molar-refractivity contribution in [3.63, 3.8) is 0 Å². The summed E-state index contributed by atoms with van der Waals surface area (Å²) in [6.07, 6.45) is 50.6. The quantitative estimate of drug-likeness (QED) is 0.0593. The van der Waals surface area contributed by atoms with Gasteiger partial charge in [0.15, 0.2) is 0 Å². The van der Waals surface area contributed by atoms with Crippen LogP contribution < -0.4 is 0 Å². The summed E-state index contributed by atoms with van der Waals surface area (Å²) in [5.74, 6) is 0. The minimum atomic E-state index is 0.928.